The van der Waals surface area contributed by atoms with Gasteiger partial charge in [-0.2, -0.15) is 0 Å². The van der Waals surface area contributed by atoms with Crippen molar-refractivity contribution in [2.45, 2.75) is 39.9 Å². The Balaban J connectivity index is 1.44. The summed E-state index contributed by atoms with van der Waals surface area (Å²) in [6.07, 6.45) is 4.50. The van der Waals surface area contributed by atoms with Crippen molar-refractivity contribution < 1.29 is 29.0 Å². The van der Waals surface area contributed by atoms with E-state index in [0.29, 0.717) is 33.5 Å². The Hall–Kier alpha value is -4.85. The molecule has 4 rings (SSSR count). The van der Waals surface area contributed by atoms with Crippen LogP contribution in [0.25, 0.3) is 0 Å². The molecule has 198 valence electrons. The van der Waals surface area contributed by atoms with Crippen LogP contribution in [0.4, 0.5) is 0 Å². The summed E-state index contributed by atoms with van der Waals surface area (Å²) >= 11 is 0. The van der Waals surface area contributed by atoms with Crippen LogP contribution >= 0.6 is 0 Å². The summed E-state index contributed by atoms with van der Waals surface area (Å²) in [5, 5.41) is 10.6. The van der Waals surface area contributed by atoms with Crippen LogP contribution in [0.15, 0.2) is 79.3 Å². The zero-order chi connectivity index (χ0) is 27.9. The van der Waals surface area contributed by atoms with Crippen LogP contribution < -0.4 is 0 Å². The molecule has 1 N–H and O–H groups in total. The molecule has 4 aromatic rings. The Morgan fingerprint density at radius 2 is 1.59 bits per heavy atom. The van der Waals surface area contributed by atoms with Crippen molar-refractivity contribution in [2.24, 2.45) is 0 Å². The fourth-order valence-corrected chi connectivity index (χ4v) is 3.97. The highest BCUT2D eigenvalue weighted by atomic mass is 16.5. The molecule has 2 aromatic heterocycles. The molecule has 0 aliphatic rings. The Morgan fingerprint density at radius 3 is 2.33 bits per heavy atom. The van der Waals surface area contributed by atoms with E-state index in [4.69, 9.17) is 9.47 Å². The molecule has 8 heteroatoms. The topological polar surface area (TPSA) is 116 Å². The largest absolute Gasteiger partial charge is 0.506 e. The molecular weight excluding hydrogens is 496 g/mol. The van der Waals surface area contributed by atoms with Crippen LogP contribution in [0.5, 0.6) is 5.75 Å². The first-order valence-corrected chi connectivity index (χ1v) is 12.4. The molecule has 2 heterocycles. The quantitative estimate of drug-likeness (QED) is 0.234. The first kappa shape index (κ1) is 27.2. The maximum atomic E-state index is 12.9. The van der Waals surface area contributed by atoms with Gasteiger partial charge < -0.3 is 14.6 Å². The van der Waals surface area contributed by atoms with Crippen LogP contribution in [0.1, 0.15) is 67.1 Å². The van der Waals surface area contributed by atoms with Gasteiger partial charge in [0.15, 0.2) is 5.78 Å². The summed E-state index contributed by atoms with van der Waals surface area (Å²) in [6.45, 7) is 4.69. The number of benzene rings is 2. The number of nitrogens with zero attached hydrogens (tertiary/aromatic N) is 2. The lowest BCUT2D eigenvalue weighted by Gasteiger charge is -2.16. The van der Waals surface area contributed by atoms with Gasteiger partial charge in [-0.1, -0.05) is 48.5 Å². The normalized spacial score (nSPS) is 11.5. The number of carbonyl (C=O) groups excluding carboxylic acids is 3. The van der Waals surface area contributed by atoms with E-state index >= 15 is 0 Å². The number of ketones is 1. The van der Waals surface area contributed by atoms with E-state index < -0.39 is 17.9 Å². The molecule has 0 amide bonds. The SMILES string of the molecule is Cc1cncc(C(=O)OCc2c(COC(=O)C(C)c3cccc(C(=O)c4ccccc4)c3)cnc(C)c2O)c1. The molecule has 0 saturated heterocycles. The van der Waals surface area contributed by atoms with Crippen LogP contribution in [-0.2, 0) is 27.5 Å². The lowest BCUT2D eigenvalue weighted by atomic mass is 9.96. The molecule has 0 radical (unpaired) electrons. The number of rotatable bonds is 9. The van der Waals surface area contributed by atoms with Crippen LogP contribution in [0, 0.1) is 13.8 Å². The fraction of sp³-hybridized carbons (Fsp3) is 0.194. The van der Waals surface area contributed by atoms with Crippen molar-refractivity contribution in [1.82, 2.24) is 9.97 Å². The lowest BCUT2D eigenvalue weighted by Crippen LogP contribution is -2.15. The third-order valence-electron chi connectivity index (χ3n) is 6.30. The van der Waals surface area contributed by atoms with Crippen molar-refractivity contribution in [2.75, 3.05) is 0 Å². The van der Waals surface area contributed by atoms with Crippen molar-refractivity contribution in [3.05, 3.63) is 124 Å². The van der Waals surface area contributed by atoms with E-state index in [0.717, 1.165) is 5.56 Å². The number of pyridine rings is 2. The smallest absolute Gasteiger partial charge is 0.340 e. The molecule has 0 aliphatic heterocycles. The van der Waals surface area contributed by atoms with E-state index in [-0.39, 0.29) is 30.3 Å². The highest BCUT2D eigenvalue weighted by Gasteiger charge is 2.21. The van der Waals surface area contributed by atoms with Gasteiger partial charge in [-0.25, -0.2) is 4.79 Å². The van der Waals surface area contributed by atoms with Crippen LogP contribution in [-0.4, -0.2) is 32.8 Å². The van der Waals surface area contributed by atoms with E-state index in [2.05, 4.69) is 9.97 Å². The molecular formula is C31H28N2O6. The summed E-state index contributed by atoms with van der Waals surface area (Å²) in [7, 11) is 0. The van der Waals surface area contributed by atoms with Crippen molar-refractivity contribution in [1.29, 1.82) is 0 Å². The Kier molecular flexibility index (Phi) is 8.46. The average Bonchev–Trinajstić information content (AvgIpc) is 2.96. The number of hydrogen-bond acceptors (Lipinski definition) is 8. The maximum Gasteiger partial charge on any atom is 0.340 e. The van der Waals surface area contributed by atoms with E-state index in [1.54, 1.807) is 74.6 Å². The summed E-state index contributed by atoms with van der Waals surface area (Å²) < 4.78 is 10.9. The number of aryl methyl sites for hydroxylation is 2. The zero-order valence-corrected chi connectivity index (χ0v) is 21.9. The Labute approximate surface area is 226 Å². The minimum atomic E-state index is -0.657. The van der Waals surface area contributed by atoms with Gasteiger partial charge in [0, 0.05) is 40.8 Å². The second-order valence-electron chi connectivity index (χ2n) is 9.17. The first-order chi connectivity index (χ1) is 18.7. The molecule has 0 saturated carbocycles. The number of aromatic hydroxyl groups is 1. The van der Waals surface area contributed by atoms with Gasteiger partial charge in [0.2, 0.25) is 0 Å². The number of ether oxygens (including phenoxy) is 2. The van der Waals surface area contributed by atoms with Crippen molar-refractivity contribution in [3.63, 3.8) is 0 Å². The minimum absolute atomic E-state index is 0.139. The average molecular weight is 525 g/mol. The first-order valence-electron chi connectivity index (χ1n) is 12.4. The van der Waals surface area contributed by atoms with E-state index in [9.17, 15) is 19.5 Å². The van der Waals surface area contributed by atoms with Crippen molar-refractivity contribution >= 4 is 17.7 Å². The monoisotopic (exact) mass is 524 g/mol. The maximum absolute atomic E-state index is 12.9. The summed E-state index contributed by atoms with van der Waals surface area (Å²) in [4.78, 5) is 46.4. The van der Waals surface area contributed by atoms with E-state index in [1.807, 2.05) is 13.0 Å². The molecule has 0 spiro atoms. The second kappa shape index (κ2) is 12.1. The van der Waals surface area contributed by atoms with Gasteiger partial charge in [0.25, 0.3) is 0 Å². The summed E-state index contributed by atoms with van der Waals surface area (Å²) in [6, 6.07) is 17.4. The van der Waals surface area contributed by atoms with Gasteiger partial charge in [-0.3, -0.25) is 19.6 Å². The number of carbonyl (C=O) groups is 3. The molecule has 39 heavy (non-hydrogen) atoms. The number of esters is 2. The molecule has 2 aromatic carbocycles. The standard InChI is InChI=1S/C31H28N2O6/c1-19-12-25(15-32-14-19)31(37)39-18-27-26(16-33-21(3)28(27)34)17-38-30(36)20(2)23-10-7-11-24(13-23)29(35)22-8-5-4-6-9-22/h4-16,20,34H,17-18H2,1-3H3. The minimum Gasteiger partial charge on any atom is -0.506 e. The molecule has 0 fully saturated rings. The van der Waals surface area contributed by atoms with Crippen LogP contribution in [0.3, 0.4) is 0 Å². The van der Waals surface area contributed by atoms with Gasteiger partial charge in [-0.15, -0.1) is 0 Å². The van der Waals surface area contributed by atoms with Gasteiger partial charge in [0.1, 0.15) is 19.0 Å². The molecule has 1 unspecified atom stereocenters. The number of aromatic nitrogens is 2. The Morgan fingerprint density at radius 1 is 0.846 bits per heavy atom. The molecule has 8 nitrogen and oxygen atoms in total. The summed E-state index contributed by atoms with van der Waals surface area (Å²) in [5.41, 5.74) is 3.81. The third-order valence-corrected chi connectivity index (χ3v) is 6.30. The predicted octanol–water partition coefficient (Wildman–Crippen LogP) is 5.23. The van der Waals surface area contributed by atoms with Gasteiger partial charge in [-0.05, 0) is 44.0 Å². The van der Waals surface area contributed by atoms with Gasteiger partial charge in [0.05, 0.1) is 17.2 Å². The number of hydrogen-bond donors (Lipinski definition) is 1. The third kappa shape index (κ3) is 6.54. The zero-order valence-electron chi connectivity index (χ0n) is 21.9. The highest BCUT2D eigenvalue weighted by molar-refractivity contribution is 6.09. The molecule has 1 atom stereocenters. The fourth-order valence-electron chi connectivity index (χ4n) is 3.97. The summed E-state index contributed by atoms with van der Waals surface area (Å²) in [5.74, 6) is -2.05. The highest BCUT2D eigenvalue weighted by Crippen LogP contribution is 2.27. The Bertz CT molecular complexity index is 1520. The lowest BCUT2D eigenvalue weighted by molar-refractivity contribution is -0.146. The second-order valence-corrected chi connectivity index (χ2v) is 9.17. The van der Waals surface area contributed by atoms with Gasteiger partial charge >= 0.3 is 11.9 Å². The predicted molar refractivity (Wildman–Crippen MR) is 143 cm³/mol. The van der Waals surface area contributed by atoms with Crippen molar-refractivity contribution in [3.8, 4) is 5.75 Å². The molecule has 0 bridgehead atoms. The van der Waals surface area contributed by atoms with Crippen LogP contribution in [0.2, 0.25) is 0 Å². The molecule has 0 aliphatic carbocycles. The van der Waals surface area contributed by atoms with E-state index in [1.165, 1.54) is 12.4 Å².